The van der Waals surface area contributed by atoms with Crippen molar-refractivity contribution in [2.45, 2.75) is 13.3 Å². The van der Waals surface area contributed by atoms with Crippen LogP contribution >= 0.6 is 0 Å². The summed E-state index contributed by atoms with van der Waals surface area (Å²) >= 11 is 0. The maximum Gasteiger partial charge on any atom is 0.254 e. The van der Waals surface area contributed by atoms with Crippen molar-refractivity contribution in [3.63, 3.8) is 0 Å². The zero-order valence-corrected chi connectivity index (χ0v) is 10.3. The van der Waals surface area contributed by atoms with Crippen LogP contribution in [-0.4, -0.2) is 51.1 Å². The highest BCUT2D eigenvalue weighted by Crippen LogP contribution is 2.09. The standard InChI is InChI=1S/C11H17N5O2/c1-9-7-10(12-3-2-5-18-6-4-17)16-11(15-9)13-8-14-16/h7-8,12,17H,2-6H2,1H3. The molecule has 7 nitrogen and oxygen atoms in total. The highest BCUT2D eigenvalue weighted by molar-refractivity contribution is 5.44. The molecule has 0 unspecified atom stereocenters. The van der Waals surface area contributed by atoms with Crippen LogP contribution in [0.25, 0.3) is 5.78 Å². The van der Waals surface area contributed by atoms with Gasteiger partial charge in [-0.1, -0.05) is 0 Å². The zero-order chi connectivity index (χ0) is 12.8. The summed E-state index contributed by atoms with van der Waals surface area (Å²) in [5.74, 6) is 1.46. The van der Waals surface area contributed by atoms with Gasteiger partial charge in [-0.15, -0.1) is 0 Å². The molecule has 2 rings (SSSR count). The van der Waals surface area contributed by atoms with Gasteiger partial charge in [-0.05, 0) is 13.3 Å². The number of rotatable bonds is 7. The van der Waals surface area contributed by atoms with Gasteiger partial charge in [0.05, 0.1) is 13.2 Å². The number of hydrogen-bond acceptors (Lipinski definition) is 6. The number of aliphatic hydroxyl groups excluding tert-OH is 1. The first-order valence-corrected chi connectivity index (χ1v) is 5.91. The van der Waals surface area contributed by atoms with E-state index in [4.69, 9.17) is 9.84 Å². The monoisotopic (exact) mass is 251 g/mol. The highest BCUT2D eigenvalue weighted by atomic mass is 16.5. The topological polar surface area (TPSA) is 84.6 Å². The van der Waals surface area contributed by atoms with Gasteiger partial charge in [0, 0.05) is 24.9 Å². The number of aromatic nitrogens is 4. The number of anilines is 1. The number of aliphatic hydroxyl groups is 1. The molecular formula is C11H17N5O2. The van der Waals surface area contributed by atoms with Crippen LogP contribution in [0.5, 0.6) is 0 Å². The number of hydrogen-bond donors (Lipinski definition) is 2. The van der Waals surface area contributed by atoms with Crippen LogP contribution in [0, 0.1) is 6.92 Å². The van der Waals surface area contributed by atoms with Gasteiger partial charge in [0.15, 0.2) is 0 Å². The third-order valence-electron chi connectivity index (χ3n) is 2.39. The molecule has 0 saturated carbocycles. The minimum Gasteiger partial charge on any atom is -0.394 e. The molecule has 2 aromatic heterocycles. The van der Waals surface area contributed by atoms with E-state index in [1.54, 1.807) is 4.52 Å². The van der Waals surface area contributed by atoms with Crippen LogP contribution in [0.2, 0.25) is 0 Å². The summed E-state index contributed by atoms with van der Waals surface area (Å²) in [6.45, 7) is 3.77. The highest BCUT2D eigenvalue weighted by Gasteiger charge is 2.04. The van der Waals surface area contributed by atoms with E-state index >= 15 is 0 Å². The molecule has 0 fully saturated rings. The van der Waals surface area contributed by atoms with Crippen molar-refractivity contribution in [2.75, 3.05) is 31.7 Å². The maximum absolute atomic E-state index is 8.56. The lowest BCUT2D eigenvalue weighted by molar-refractivity contribution is 0.0922. The molecule has 2 heterocycles. The molecule has 0 amide bonds. The minimum atomic E-state index is 0.0660. The Balaban J connectivity index is 1.89. The van der Waals surface area contributed by atoms with E-state index in [0.717, 1.165) is 24.5 Å². The SMILES string of the molecule is Cc1cc(NCCCOCCO)n2ncnc2n1. The summed E-state index contributed by atoms with van der Waals surface area (Å²) in [4.78, 5) is 8.32. The van der Waals surface area contributed by atoms with Gasteiger partial charge in [-0.2, -0.15) is 14.6 Å². The lowest BCUT2D eigenvalue weighted by atomic mass is 10.4. The first-order chi connectivity index (χ1) is 8.81. The van der Waals surface area contributed by atoms with Crippen LogP contribution in [0.1, 0.15) is 12.1 Å². The van der Waals surface area contributed by atoms with Crippen LogP contribution in [0.3, 0.4) is 0 Å². The predicted molar refractivity (Wildman–Crippen MR) is 66.5 cm³/mol. The van der Waals surface area contributed by atoms with E-state index in [-0.39, 0.29) is 6.61 Å². The van der Waals surface area contributed by atoms with Crippen molar-refractivity contribution in [3.8, 4) is 0 Å². The van der Waals surface area contributed by atoms with Crippen molar-refractivity contribution in [1.29, 1.82) is 0 Å². The summed E-state index contributed by atoms with van der Waals surface area (Å²) < 4.78 is 6.85. The summed E-state index contributed by atoms with van der Waals surface area (Å²) in [5.41, 5.74) is 0.898. The molecule has 0 aliphatic carbocycles. The lowest BCUT2D eigenvalue weighted by Gasteiger charge is -2.08. The summed E-state index contributed by atoms with van der Waals surface area (Å²) in [6.07, 6.45) is 2.34. The Morgan fingerprint density at radius 3 is 3.17 bits per heavy atom. The first kappa shape index (κ1) is 12.7. The molecule has 0 aliphatic rings. The van der Waals surface area contributed by atoms with Crippen LogP contribution < -0.4 is 5.32 Å². The first-order valence-electron chi connectivity index (χ1n) is 5.91. The maximum atomic E-state index is 8.56. The predicted octanol–water partition coefficient (Wildman–Crippen LogP) is 0.244. The summed E-state index contributed by atoms with van der Waals surface area (Å²) in [6, 6.07) is 1.93. The third kappa shape index (κ3) is 3.14. The Labute approximate surface area is 105 Å². The number of nitrogens with one attached hydrogen (secondary N) is 1. The second kappa shape index (κ2) is 6.27. The van der Waals surface area contributed by atoms with E-state index in [2.05, 4.69) is 20.4 Å². The number of aryl methyl sites for hydroxylation is 1. The minimum absolute atomic E-state index is 0.0660. The lowest BCUT2D eigenvalue weighted by Crippen LogP contribution is -2.11. The number of nitrogens with zero attached hydrogens (tertiary/aromatic N) is 4. The van der Waals surface area contributed by atoms with Gasteiger partial charge in [0.2, 0.25) is 0 Å². The normalized spacial score (nSPS) is 11.0. The fourth-order valence-corrected chi connectivity index (χ4v) is 1.61. The molecule has 7 heteroatoms. The van der Waals surface area contributed by atoms with E-state index in [9.17, 15) is 0 Å². The zero-order valence-electron chi connectivity index (χ0n) is 10.3. The van der Waals surface area contributed by atoms with Gasteiger partial charge < -0.3 is 15.2 Å². The fraction of sp³-hybridized carbons (Fsp3) is 0.545. The molecule has 0 aromatic carbocycles. The summed E-state index contributed by atoms with van der Waals surface area (Å²) in [5, 5.41) is 15.9. The molecule has 2 aromatic rings. The molecular weight excluding hydrogens is 234 g/mol. The molecule has 0 atom stereocenters. The van der Waals surface area contributed by atoms with Crippen molar-refractivity contribution in [1.82, 2.24) is 19.6 Å². The number of fused-ring (bicyclic) bond motifs is 1. The Bertz CT molecular complexity index is 499. The Hall–Kier alpha value is -1.73. The summed E-state index contributed by atoms with van der Waals surface area (Å²) in [7, 11) is 0. The van der Waals surface area contributed by atoms with Crippen LogP contribution in [0.15, 0.2) is 12.4 Å². The number of ether oxygens (including phenoxy) is 1. The molecule has 0 radical (unpaired) electrons. The van der Waals surface area contributed by atoms with Gasteiger partial charge in [0.1, 0.15) is 12.1 Å². The van der Waals surface area contributed by atoms with E-state index in [0.29, 0.717) is 19.0 Å². The van der Waals surface area contributed by atoms with Gasteiger partial charge in [-0.3, -0.25) is 0 Å². The molecule has 2 N–H and O–H groups in total. The van der Waals surface area contributed by atoms with Gasteiger partial charge >= 0.3 is 0 Å². The second-order valence-electron chi connectivity index (χ2n) is 3.87. The van der Waals surface area contributed by atoms with E-state index in [1.165, 1.54) is 6.33 Å². The molecule has 0 spiro atoms. The Kier molecular flexibility index (Phi) is 4.43. The molecule has 0 aliphatic heterocycles. The smallest absolute Gasteiger partial charge is 0.254 e. The molecule has 18 heavy (non-hydrogen) atoms. The molecule has 98 valence electrons. The van der Waals surface area contributed by atoms with Gasteiger partial charge in [-0.25, -0.2) is 4.98 Å². The quantitative estimate of drug-likeness (QED) is 0.686. The average molecular weight is 251 g/mol. The van der Waals surface area contributed by atoms with E-state index < -0.39 is 0 Å². The largest absolute Gasteiger partial charge is 0.394 e. The van der Waals surface area contributed by atoms with Crippen molar-refractivity contribution in [2.24, 2.45) is 0 Å². The molecule has 0 bridgehead atoms. The van der Waals surface area contributed by atoms with Crippen LogP contribution in [0.4, 0.5) is 5.82 Å². The third-order valence-corrected chi connectivity index (χ3v) is 2.39. The van der Waals surface area contributed by atoms with Crippen molar-refractivity contribution in [3.05, 3.63) is 18.1 Å². The average Bonchev–Trinajstić information content (AvgIpc) is 2.81. The van der Waals surface area contributed by atoms with Gasteiger partial charge in [0.25, 0.3) is 5.78 Å². The van der Waals surface area contributed by atoms with Crippen molar-refractivity contribution >= 4 is 11.6 Å². The van der Waals surface area contributed by atoms with Crippen molar-refractivity contribution < 1.29 is 9.84 Å². The van der Waals surface area contributed by atoms with Crippen LogP contribution in [-0.2, 0) is 4.74 Å². The Morgan fingerprint density at radius 1 is 1.44 bits per heavy atom. The fourth-order valence-electron chi connectivity index (χ4n) is 1.61. The molecule has 0 saturated heterocycles. The van der Waals surface area contributed by atoms with E-state index in [1.807, 2.05) is 13.0 Å². The Morgan fingerprint density at radius 2 is 2.33 bits per heavy atom. The second-order valence-corrected chi connectivity index (χ2v) is 3.87.